The van der Waals surface area contributed by atoms with Crippen molar-refractivity contribution in [1.29, 1.82) is 0 Å². The van der Waals surface area contributed by atoms with Crippen molar-refractivity contribution in [3.63, 3.8) is 0 Å². The van der Waals surface area contributed by atoms with Gasteiger partial charge in [-0.3, -0.25) is 0 Å². The largest absolute Gasteiger partial charge is 0.329 e. The third-order valence-corrected chi connectivity index (χ3v) is 2.82. The Hall–Kier alpha value is -0.570. The molecule has 3 heteroatoms. The Kier molecular flexibility index (Phi) is 5.09. The zero-order chi connectivity index (χ0) is 11.3. The summed E-state index contributed by atoms with van der Waals surface area (Å²) < 4.78 is 0. The Bertz CT molecular complexity index is 301. The van der Waals surface area contributed by atoms with Crippen molar-refractivity contribution in [3.8, 4) is 0 Å². The molecule has 84 valence electrons. The Balaban J connectivity index is 2.73. The highest BCUT2D eigenvalue weighted by molar-refractivity contribution is 6.30. The highest BCUT2D eigenvalue weighted by Crippen LogP contribution is 2.17. The maximum absolute atomic E-state index is 5.95. The van der Waals surface area contributed by atoms with Crippen LogP contribution >= 0.6 is 11.6 Å². The molecule has 0 spiro atoms. The zero-order valence-electron chi connectivity index (χ0n) is 9.33. The summed E-state index contributed by atoms with van der Waals surface area (Å²) in [6.45, 7) is 4.90. The van der Waals surface area contributed by atoms with Crippen LogP contribution in [0, 0.1) is 0 Å². The maximum Gasteiger partial charge on any atom is 0.0447 e. The number of rotatable bonds is 5. The van der Waals surface area contributed by atoms with Gasteiger partial charge in [-0.15, -0.1) is 0 Å². The van der Waals surface area contributed by atoms with Gasteiger partial charge >= 0.3 is 0 Å². The molecule has 15 heavy (non-hydrogen) atoms. The van der Waals surface area contributed by atoms with Crippen molar-refractivity contribution in [1.82, 2.24) is 5.32 Å². The molecular formula is C12H19ClN2. The van der Waals surface area contributed by atoms with E-state index in [4.69, 9.17) is 17.3 Å². The van der Waals surface area contributed by atoms with Crippen LogP contribution < -0.4 is 11.1 Å². The summed E-state index contributed by atoms with van der Waals surface area (Å²) in [5.41, 5.74) is 6.91. The van der Waals surface area contributed by atoms with E-state index in [-0.39, 0.29) is 6.04 Å². The number of nitrogens with one attached hydrogen (secondary N) is 1. The van der Waals surface area contributed by atoms with E-state index in [0.29, 0.717) is 12.6 Å². The quantitative estimate of drug-likeness (QED) is 0.810. The van der Waals surface area contributed by atoms with E-state index in [0.717, 1.165) is 17.0 Å². The molecule has 1 aromatic rings. The van der Waals surface area contributed by atoms with Gasteiger partial charge in [0, 0.05) is 23.7 Å². The summed E-state index contributed by atoms with van der Waals surface area (Å²) >= 11 is 5.95. The van der Waals surface area contributed by atoms with Crippen LogP contribution in [0.25, 0.3) is 0 Å². The zero-order valence-corrected chi connectivity index (χ0v) is 10.1. The lowest BCUT2D eigenvalue weighted by Gasteiger charge is -2.21. The van der Waals surface area contributed by atoms with Crippen molar-refractivity contribution in [3.05, 3.63) is 34.9 Å². The fraction of sp³-hybridized carbons (Fsp3) is 0.500. The maximum atomic E-state index is 5.95. The average Bonchev–Trinajstić information content (AvgIpc) is 2.25. The molecule has 0 saturated carbocycles. The Morgan fingerprint density at radius 1 is 1.47 bits per heavy atom. The molecule has 0 bridgehead atoms. The Labute approximate surface area is 96.8 Å². The van der Waals surface area contributed by atoms with Crippen LogP contribution in [-0.4, -0.2) is 12.6 Å². The molecule has 1 rings (SSSR count). The predicted octanol–water partition coefficient (Wildman–Crippen LogP) is 2.73. The molecule has 0 saturated heterocycles. The molecule has 1 aromatic carbocycles. The van der Waals surface area contributed by atoms with Crippen molar-refractivity contribution < 1.29 is 0 Å². The first-order valence-electron chi connectivity index (χ1n) is 5.39. The van der Waals surface area contributed by atoms with E-state index in [1.54, 1.807) is 0 Å². The Morgan fingerprint density at radius 2 is 2.20 bits per heavy atom. The number of benzene rings is 1. The summed E-state index contributed by atoms with van der Waals surface area (Å²) in [5.74, 6) is 0. The van der Waals surface area contributed by atoms with Crippen LogP contribution in [0.2, 0.25) is 5.02 Å². The summed E-state index contributed by atoms with van der Waals surface area (Å²) in [5, 5.41) is 4.24. The standard InChI is InChI=1S/C12H19ClN2/c1-3-9(2)15-12(8-14)10-5-4-6-11(13)7-10/h4-7,9,12,15H,3,8,14H2,1-2H3. The molecule has 2 unspecified atom stereocenters. The average molecular weight is 227 g/mol. The monoisotopic (exact) mass is 226 g/mol. The molecule has 3 N–H and O–H groups in total. The van der Waals surface area contributed by atoms with Gasteiger partial charge in [0.25, 0.3) is 0 Å². The van der Waals surface area contributed by atoms with Crippen molar-refractivity contribution in [2.75, 3.05) is 6.54 Å². The van der Waals surface area contributed by atoms with Crippen molar-refractivity contribution >= 4 is 11.6 Å². The molecule has 0 aliphatic carbocycles. The summed E-state index contributed by atoms with van der Waals surface area (Å²) in [7, 11) is 0. The van der Waals surface area contributed by atoms with Gasteiger partial charge in [-0.25, -0.2) is 0 Å². The summed E-state index contributed by atoms with van der Waals surface area (Å²) in [6.07, 6.45) is 1.09. The van der Waals surface area contributed by atoms with Crippen molar-refractivity contribution in [2.24, 2.45) is 5.73 Å². The van der Waals surface area contributed by atoms with Gasteiger partial charge < -0.3 is 11.1 Å². The number of hydrogen-bond acceptors (Lipinski definition) is 2. The lowest BCUT2D eigenvalue weighted by Crippen LogP contribution is -2.34. The van der Waals surface area contributed by atoms with E-state index in [9.17, 15) is 0 Å². The van der Waals surface area contributed by atoms with Gasteiger partial charge in [-0.1, -0.05) is 30.7 Å². The van der Waals surface area contributed by atoms with E-state index in [1.165, 1.54) is 0 Å². The smallest absolute Gasteiger partial charge is 0.0447 e. The normalized spacial score (nSPS) is 14.9. The van der Waals surface area contributed by atoms with Gasteiger partial charge in [-0.05, 0) is 31.0 Å². The molecule has 0 radical (unpaired) electrons. The van der Waals surface area contributed by atoms with Crippen LogP contribution in [0.3, 0.4) is 0 Å². The highest BCUT2D eigenvalue weighted by atomic mass is 35.5. The second-order valence-corrected chi connectivity index (χ2v) is 4.26. The third-order valence-electron chi connectivity index (χ3n) is 2.58. The molecule has 2 nitrogen and oxygen atoms in total. The fourth-order valence-corrected chi connectivity index (χ4v) is 1.68. The number of nitrogens with two attached hydrogens (primary N) is 1. The van der Waals surface area contributed by atoms with Gasteiger partial charge in [0.2, 0.25) is 0 Å². The molecule has 2 atom stereocenters. The first-order valence-corrected chi connectivity index (χ1v) is 5.76. The topological polar surface area (TPSA) is 38.0 Å². The minimum Gasteiger partial charge on any atom is -0.329 e. The molecule has 0 fully saturated rings. The SMILES string of the molecule is CCC(C)NC(CN)c1cccc(Cl)c1. The fourth-order valence-electron chi connectivity index (χ4n) is 1.48. The minimum atomic E-state index is 0.193. The van der Waals surface area contributed by atoms with Gasteiger partial charge in [0.1, 0.15) is 0 Å². The Morgan fingerprint density at radius 3 is 2.73 bits per heavy atom. The van der Waals surface area contributed by atoms with Crippen LogP contribution in [-0.2, 0) is 0 Å². The predicted molar refractivity (Wildman–Crippen MR) is 66.1 cm³/mol. The lowest BCUT2D eigenvalue weighted by molar-refractivity contribution is 0.452. The van der Waals surface area contributed by atoms with E-state index >= 15 is 0 Å². The van der Waals surface area contributed by atoms with E-state index in [2.05, 4.69) is 25.2 Å². The van der Waals surface area contributed by atoms with Crippen LogP contribution in [0.5, 0.6) is 0 Å². The van der Waals surface area contributed by atoms with Crippen molar-refractivity contribution in [2.45, 2.75) is 32.4 Å². The summed E-state index contributed by atoms with van der Waals surface area (Å²) in [6, 6.07) is 8.52. The molecule has 0 heterocycles. The molecular weight excluding hydrogens is 208 g/mol. The van der Waals surface area contributed by atoms with E-state index < -0.39 is 0 Å². The van der Waals surface area contributed by atoms with E-state index in [1.807, 2.05) is 18.2 Å². The van der Waals surface area contributed by atoms with Crippen LogP contribution in [0.4, 0.5) is 0 Å². The number of hydrogen-bond donors (Lipinski definition) is 2. The van der Waals surface area contributed by atoms with Gasteiger partial charge in [-0.2, -0.15) is 0 Å². The van der Waals surface area contributed by atoms with Crippen LogP contribution in [0.15, 0.2) is 24.3 Å². The molecule has 0 aliphatic rings. The first kappa shape index (κ1) is 12.5. The highest BCUT2D eigenvalue weighted by Gasteiger charge is 2.11. The lowest BCUT2D eigenvalue weighted by atomic mass is 10.1. The molecule has 0 amide bonds. The van der Waals surface area contributed by atoms with Gasteiger partial charge in [0.05, 0.1) is 0 Å². The summed E-state index contributed by atoms with van der Waals surface area (Å²) in [4.78, 5) is 0. The first-order chi connectivity index (χ1) is 7.17. The molecule has 0 aliphatic heterocycles. The molecule has 0 aromatic heterocycles. The minimum absolute atomic E-state index is 0.193. The second-order valence-electron chi connectivity index (χ2n) is 3.82. The van der Waals surface area contributed by atoms with Gasteiger partial charge in [0.15, 0.2) is 0 Å². The number of halogens is 1. The van der Waals surface area contributed by atoms with Crippen LogP contribution in [0.1, 0.15) is 31.9 Å². The third kappa shape index (κ3) is 3.82. The second kappa shape index (κ2) is 6.11.